The largest absolute Gasteiger partial charge is 0.478 e. The number of aliphatic hydroxyl groups excluding tert-OH is 2. The molecule has 0 amide bonds. The van der Waals surface area contributed by atoms with Crippen molar-refractivity contribution in [2.24, 2.45) is 0 Å². The number of hydrogen-bond acceptors (Lipinski definition) is 6. The van der Waals surface area contributed by atoms with Crippen LogP contribution in [0.25, 0.3) is 0 Å². The molecule has 0 aliphatic rings. The van der Waals surface area contributed by atoms with Gasteiger partial charge in [-0.3, -0.25) is 0 Å². The second-order valence-electron chi connectivity index (χ2n) is 3.41. The van der Waals surface area contributed by atoms with E-state index in [1.165, 1.54) is 38.5 Å². The highest BCUT2D eigenvalue weighted by molar-refractivity contribution is 6.01. The van der Waals surface area contributed by atoms with E-state index in [4.69, 9.17) is 20.4 Å². The van der Waals surface area contributed by atoms with Crippen LogP contribution < -0.4 is 0 Å². The van der Waals surface area contributed by atoms with Crippen molar-refractivity contribution in [3.8, 4) is 0 Å². The van der Waals surface area contributed by atoms with Crippen LogP contribution in [0.4, 0.5) is 0 Å². The maximum Gasteiger partial charge on any atom is 0.336 e. The first kappa shape index (κ1) is 18.0. The minimum atomic E-state index is -1.25. The minimum absolute atomic E-state index is 0.190. The molecular weight excluding hydrogens is 272 g/mol. The second-order valence-corrected chi connectivity index (χ2v) is 3.41. The highest BCUT2D eigenvalue weighted by Crippen LogP contribution is 2.07. The summed E-state index contributed by atoms with van der Waals surface area (Å²) in [7, 11) is 2.54. The summed E-state index contributed by atoms with van der Waals surface area (Å²) in [6, 6.07) is 5.48. The first-order valence-corrected chi connectivity index (χ1v) is 5.32. The smallest absolute Gasteiger partial charge is 0.336 e. The Morgan fingerprint density at radius 1 is 0.900 bits per heavy atom. The Balaban J connectivity index is 0.000000396. The highest BCUT2D eigenvalue weighted by Gasteiger charge is 2.13. The molecule has 0 saturated heterocycles. The van der Waals surface area contributed by atoms with Crippen LogP contribution in [-0.2, 0) is 9.47 Å². The number of carbonyl (C=O) groups is 2. The number of ether oxygens (including phenoxy) is 2. The molecule has 0 aliphatic carbocycles. The summed E-state index contributed by atoms with van der Waals surface area (Å²) in [5.74, 6) is -2.46. The molecule has 2 unspecified atom stereocenters. The van der Waals surface area contributed by atoms with Gasteiger partial charge in [0, 0.05) is 14.2 Å². The molecule has 0 fully saturated rings. The van der Waals surface area contributed by atoms with E-state index in [1.807, 2.05) is 0 Å². The molecule has 0 bridgehead atoms. The Morgan fingerprint density at radius 2 is 1.20 bits per heavy atom. The third-order valence-electron chi connectivity index (χ3n) is 2.11. The molecule has 0 radical (unpaired) electrons. The van der Waals surface area contributed by atoms with Crippen LogP contribution in [0.1, 0.15) is 20.7 Å². The van der Waals surface area contributed by atoms with Crippen LogP contribution >= 0.6 is 0 Å². The number of aromatic carboxylic acids is 2. The van der Waals surface area contributed by atoms with Gasteiger partial charge < -0.3 is 29.9 Å². The molecule has 4 N–H and O–H groups in total. The molecule has 1 aromatic rings. The van der Waals surface area contributed by atoms with Crippen molar-refractivity contribution < 1.29 is 39.5 Å². The summed E-state index contributed by atoms with van der Waals surface area (Å²) in [4.78, 5) is 20.9. The lowest BCUT2D eigenvalue weighted by molar-refractivity contribution is -0.232. The van der Waals surface area contributed by atoms with Crippen molar-refractivity contribution in [2.75, 3.05) is 14.2 Å². The topological polar surface area (TPSA) is 134 Å². The Morgan fingerprint density at radius 3 is 1.40 bits per heavy atom. The fourth-order valence-corrected chi connectivity index (χ4v) is 1.09. The van der Waals surface area contributed by atoms with Gasteiger partial charge in [-0.2, -0.15) is 0 Å². The number of aliphatic hydroxyl groups is 2. The number of rotatable bonds is 5. The lowest BCUT2D eigenvalue weighted by atomic mass is 10.1. The second kappa shape index (κ2) is 8.99. The van der Waals surface area contributed by atoms with E-state index in [-0.39, 0.29) is 11.1 Å². The van der Waals surface area contributed by atoms with Crippen LogP contribution in [-0.4, -0.2) is 59.2 Å². The van der Waals surface area contributed by atoms with E-state index in [0.717, 1.165) is 0 Å². The normalized spacial score (nSPS) is 12.8. The number of hydrogen-bond donors (Lipinski definition) is 4. The average Bonchev–Trinajstić information content (AvgIpc) is 2.46. The molecule has 0 heterocycles. The maximum atomic E-state index is 10.5. The number of carboxylic acid groups (broad SMARTS) is 2. The Labute approximate surface area is 114 Å². The minimum Gasteiger partial charge on any atom is -0.478 e. The van der Waals surface area contributed by atoms with Crippen molar-refractivity contribution in [3.63, 3.8) is 0 Å². The van der Waals surface area contributed by atoms with E-state index in [2.05, 4.69) is 9.47 Å². The van der Waals surface area contributed by atoms with E-state index >= 15 is 0 Å². The molecule has 112 valence electrons. The lowest BCUT2D eigenvalue weighted by Crippen LogP contribution is -2.28. The van der Waals surface area contributed by atoms with Gasteiger partial charge in [-0.05, 0) is 12.1 Å². The van der Waals surface area contributed by atoms with Crippen LogP contribution in [0.2, 0.25) is 0 Å². The third-order valence-corrected chi connectivity index (χ3v) is 2.11. The molecule has 0 aliphatic heterocycles. The zero-order valence-corrected chi connectivity index (χ0v) is 10.9. The zero-order chi connectivity index (χ0) is 15.7. The number of carboxylic acids is 2. The van der Waals surface area contributed by atoms with Gasteiger partial charge >= 0.3 is 11.9 Å². The van der Waals surface area contributed by atoms with Gasteiger partial charge in [0.2, 0.25) is 12.6 Å². The summed E-state index contributed by atoms with van der Waals surface area (Å²) in [5, 5.41) is 34.2. The molecular formula is C12H16O8. The summed E-state index contributed by atoms with van der Waals surface area (Å²) in [6.07, 6.45) is -2.50. The standard InChI is InChI=1S/C8H6O4.C4H10O4/c9-7(10)5-3-1-2-4-6(5)8(11)12;1-7-3(5)4(6)8-2/h1-4H,(H,9,10)(H,11,12);3-6H,1-2H3. The van der Waals surface area contributed by atoms with Crippen molar-refractivity contribution in [1.82, 2.24) is 0 Å². The Kier molecular flexibility index (Phi) is 8.09. The first-order valence-electron chi connectivity index (χ1n) is 5.32. The summed E-state index contributed by atoms with van der Waals surface area (Å²) < 4.78 is 8.57. The first-order chi connectivity index (χ1) is 9.34. The molecule has 8 heteroatoms. The highest BCUT2D eigenvalue weighted by atomic mass is 16.7. The van der Waals surface area contributed by atoms with Gasteiger partial charge in [0.05, 0.1) is 11.1 Å². The fourth-order valence-electron chi connectivity index (χ4n) is 1.09. The van der Waals surface area contributed by atoms with E-state index in [0.29, 0.717) is 0 Å². The third kappa shape index (κ3) is 5.76. The molecule has 20 heavy (non-hydrogen) atoms. The summed E-state index contributed by atoms with van der Waals surface area (Å²) in [5.41, 5.74) is -0.380. The van der Waals surface area contributed by atoms with Crippen LogP contribution in [0.3, 0.4) is 0 Å². The van der Waals surface area contributed by atoms with Gasteiger partial charge in [0.25, 0.3) is 0 Å². The van der Waals surface area contributed by atoms with Crippen molar-refractivity contribution in [3.05, 3.63) is 35.4 Å². The van der Waals surface area contributed by atoms with Gasteiger partial charge in [-0.15, -0.1) is 0 Å². The predicted octanol–water partition coefficient (Wildman–Crippen LogP) is -0.001000. The van der Waals surface area contributed by atoms with Gasteiger partial charge in [0.15, 0.2) is 0 Å². The summed E-state index contributed by atoms with van der Waals surface area (Å²) >= 11 is 0. The number of benzene rings is 1. The molecule has 2 atom stereocenters. The molecule has 0 spiro atoms. The van der Waals surface area contributed by atoms with Crippen LogP contribution in [0.15, 0.2) is 24.3 Å². The Hall–Kier alpha value is -2.00. The van der Waals surface area contributed by atoms with Gasteiger partial charge in [-0.1, -0.05) is 12.1 Å². The van der Waals surface area contributed by atoms with Gasteiger partial charge in [-0.25, -0.2) is 9.59 Å². The summed E-state index contributed by atoms with van der Waals surface area (Å²) in [6.45, 7) is 0. The fraction of sp³-hybridized carbons (Fsp3) is 0.333. The number of methoxy groups -OCH3 is 2. The molecule has 1 rings (SSSR count). The quantitative estimate of drug-likeness (QED) is 0.556. The molecule has 1 aromatic carbocycles. The van der Waals surface area contributed by atoms with E-state index in [9.17, 15) is 9.59 Å². The molecule has 0 aromatic heterocycles. The Bertz CT molecular complexity index is 404. The molecule has 8 nitrogen and oxygen atoms in total. The maximum absolute atomic E-state index is 10.5. The predicted molar refractivity (Wildman–Crippen MR) is 66.4 cm³/mol. The van der Waals surface area contributed by atoms with Crippen LogP contribution in [0, 0.1) is 0 Å². The van der Waals surface area contributed by atoms with Crippen molar-refractivity contribution in [2.45, 2.75) is 12.6 Å². The van der Waals surface area contributed by atoms with Crippen molar-refractivity contribution in [1.29, 1.82) is 0 Å². The SMILES string of the molecule is COC(O)C(O)OC.O=C(O)c1ccccc1C(=O)O. The van der Waals surface area contributed by atoms with Gasteiger partial charge in [0.1, 0.15) is 0 Å². The van der Waals surface area contributed by atoms with Crippen LogP contribution in [0.5, 0.6) is 0 Å². The lowest BCUT2D eigenvalue weighted by Gasteiger charge is -2.12. The van der Waals surface area contributed by atoms with Crippen molar-refractivity contribution >= 4 is 11.9 Å². The van der Waals surface area contributed by atoms with E-state index < -0.39 is 24.5 Å². The van der Waals surface area contributed by atoms with E-state index in [1.54, 1.807) is 0 Å². The monoisotopic (exact) mass is 288 g/mol. The zero-order valence-electron chi connectivity index (χ0n) is 10.9. The molecule has 0 saturated carbocycles. The average molecular weight is 288 g/mol.